The summed E-state index contributed by atoms with van der Waals surface area (Å²) in [6.07, 6.45) is 1.47. The van der Waals surface area contributed by atoms with Gasteiger partial charge >= 0.3 is 0 Å². The summed E-state index contributed by atoms with van der Waals surface area (Å²) < 4.78 is 1.49. The Bertz CT molecular complexity index is 906. The van der Waals surface area contributed by atoms with Gasteiger partial charge < -0.3 is 10.2 Å². The summed E-state index contributed by atoms with van der Waals surface area (Å²) >= 11 is 0. The van der Waals surface area contributed by atoms with E-state index in [4.69, 9.17) is 0 Å². The highest BCUT2D eigenvalue weighted by atomic mass is 16.2. The molecule has 8 nitrogen and oxygen atoms in total. The molecule has 3 aromatic rings. The molecule has 8 heteroatoms. The van der Waals surface area contributed by atoms with Crippen LogP contribution >= 0.6 is 0 Å². The zero-order chi connectivity index (χ0) is 18.5. The number of benzene rings is 2. The molecule has 0 atom stereocenters. The summed E-state index contributed by atoms with van der Waals surface area (Å²) in [5.74, 6) is -0.254. The minimum atomic E-state index is -0.139. The molecule has 26 heavy (non-hydrogen) atoms. The first kappa shape index (κ1) is 17.3. The lowest BCUT2D eigenvalue weighted by molar-refractivity contribution is 0.0784. The smallest absolute Gasteiger partial charge is 0.253 e. The number of hydrogen-bond acceptors (Lipinski definition) is 5. The number of amides is 2. The van der Waals surface area contributed by atoms with E-state index in [0.29, 0.717) is 23.4 Å². The third kappa shape index (κ3) is 3.75. The van der Waals surface area contributed by atoms with Gasteiger partial charge in [0.15, 0.2) is 0 Å². The van der Waals surface area contributed by atoms with E-state index in [0.717, 1.165) is 5.56 Å². The van der Waals surface area contributed by atoms with E-state index in [2.05, 4.69) is 20.8 Å². The highest BCUT2D eigenvalue weighted by molar-refractivity contribution is 5.95. The molecule has 0 radical (unpaired) electrons. The fraction of sp³-hybridized carbons (Fsp3) is 0.167. The van der Waals surface area contributed by atoms with Crippen molar-refractivity contribution in [3.8, 4) is 5.69 Å². The number of carbonyl (C=O) groups excluding carboxylic acids is 2. The van der Waals surface area contributed by atoms with Crippen LogP contribution < -0.4 is 5.32 Å². The van der Waals surface area contributed by atoms with E-state index in [1.54, 1.807) is 49.3 Å². The molecule has 0 bridgehead atoms. The minimum absolute atomic E-state index is 0.115. The Balaban J connectivity index is 1.72. The maximum Gasteiger partial charge on any atom is 0.253 e. The molecule has 1 N–H and O–H groups in total. The third-order valence-electron chi connectivity index (χ3n) is 3.92. The average Bonchev–Trinajstić information content (AvgIpc) is 3.22. The van der Waals surface area contributed by atoms with Crippen LogP contribution in [0.4, 0.5) is 0 Å². The van der Waals surface area contributed by atoms with Gasteiger partial charge in [0, 0.05) is 31.8 Å². The molecule has 0 aliphatic heterocycles. The molecule has 1 aromatic heterocycles. The van der Waals surface area contributed by atoms with E-state index in [1.165, 1.54) is 11.0 Å². The maximum absolute atomic E-state index is 12.7. The van der Waals surface area contributed by atoms with Gasteiger partial charge in [0.2, 0.25) is 0 Å². The van der Waals surface area contributed by atoms with Crippen molar-refractivity contribution in [3.63, 3.8) is 0 Å². The van der Waals surface area contributed by atoms with Gasteiger partial charge in [0.1, 0.15) is 6.33 Å². The summed E-state index contributed by atoms with van der Waals surface area (Å²) in [7, 11) is 3.32. The second-order valence-corrected chi connectivity index (χ2v) is 5.74. The molecule has 0 spiro atoms. The third-order valence-corrected chi connectivity index (χ3v) is 3.92. The van der Waals surface area contributed by atoms with Crippen molar-refractivity contribution in [2.24, 2.45) is 0 Å². The van der Waals surface area contributed by atoms with Crippen molar-refractivity contribution in [3.05, 3.63) is 71.5 Å². The fourth-order valence-electron chi connectivity index (χ4n) is 2.53. The lowest BCUT2D eigenvalue weighted by Gasteiger charge is -2.18. The molecule has 0 unspecified atom stereocenters. The maximum atomic E-state index is 12.7. The van der Waals surface area contributed by atoms with E-state index < -0.39 is 0 Å². The number of rotatable bonds is 5. The normalized spacial score (nSPS) is 10.4. The Labute approximate surface area is 150 Å². The molecule has 2 aromatic carbocycles. The Morgan fingerprint density at radius 3 is 2.54 bits per heavy atom. The van der Waals surface area contributed by atoms with Gasteiger partial charge in [0.25, 0.3) is 11.8 Å². The standard InChI is InChI=1S/C18H18N6O2/c1-19-17(25)14-8-6-13(7-9-14)11-23(2)18(26)15-4-3-5-16(10-15)24-12-20-21-22-24/h3-10,12H,11H2,1-2H3,(H,19,25). The van der Waals surface area contributed by atoms with E-state index in [1.807, 2.05) is 18.2 Å². The highest BCUT2D eigenvalue weighted by Crippen LogP contribution is 2.13. The van der Waals surface area contributed by atoms with E-state index >= 15 is 0 Å². The highest BCUT2D eigenvalue weighted by Gasteiger charge is 2.13. The van der Waals surface area contributed by atoms with Gasteiger partial charge in [-0.25, -0.2) is 4.68 Å². The lowest BCUT2D eigenvalue weighted by Crippen LogP contribution is -2.26. The summed E-state index contributed by atoms with van der Waals surface area (Å²) in [5, 5.41) is 13.6. The van der Waals surface area contributed by atoms with E-state index in [-0.39, 0.29) is 11.8 Å². The number of nitrogens with zero attached hydrogens (tertiary/aromatic N) is 5. The van der Waals surface area contributed by atoms with Crippen molar-refractivity contribution in [2.45, 2.75) is 6.54 Å². The van der Waals surface area contributed by atoms with Crippen LogP contribution in [0.2, 0.25) is 0 Å². The van der Waals surface area contributed by atoms with Gasteiger partial charge in [-0.1, -0.05) is 18.2 Å². The van der Waals surface area contributed by atoms with Crippen molar-refractivity contribution in [1.82, 2.24) is 30.4 Å². The Morgan fingerprint density at radius 2 is 1.88 bits per heavy atom. The van der Waals surface area contributed by atoms with E-state index in [9.17, 15) is 9.59 Å². The molecule has 0 saturated carbocycles. The van der Waals surface area contributed by atoms with Crippen molar-refractivity contribution < 1.29 is 9.59 Å². The van der Waals surface area contributed by atoms with Crippen LogP contribution in [0.3, 0.4) is 0 Å². The predicted octanol–water partition coefficient (Wildman–Crippen LogP) is 1.29. The predicted molar refractivity (Wildman–Crippen MR) is 94.8 cm³/mol. The van der Waals surface area contributed by atoms with Crippen molar-refractivity contribution >= 4 is 11.8 Å². The van der Waals surface area contributed by atoms with Crippen LogP contribution in [-0.4, -0.2) is 51.0 Å². The first-order chi connectivity index (χ1) is 12.6. The van der Waals surface area contributed by atoms with Gasteiger partial charge in [-0.15, -0.1) is 5.10 Å². The number of hydrogen-bond donors (Lipinski definition) is 1. The largest absolute Gasteiger partial charge is 0.355 e. The number of aromatic nitrogens is 4. The molecular formula is C18H18N6O2. The topological polar surface area (TPSA) is 93.0 Å². The Morgan fingerprint density at radius 1 is 1.12 bits per heavy atom. The fourth-order valence-corrected chi connectivity index (χ4v) is 2.53. The summed E-state index contributed by atoms with van der Waals surface area (Å²) in [4.78, 5) is 25.9. The minimum Gasteiger partial charge on any atom is -0.355 e. The molecule has 132 valence electrons. The number of nitrogens with one attached hydrogen (secondary N) is 1. The lowest BCUT2D eigenvalue weighted by atomic mass is 10.1. The SMILES string of the molecule is CNC(=O)c1ccc(CN(C)C(=O)c2cccc(-n3cnnn3)c2)cc1. The van der Waals surface area contributed by atoms with Gasteiger partial charge in [0.05, 0.1) is 5.69 Å². The summed E-state index contributed by atoms with van der Waals surface area (Å²) in [6.45, 7) is 0.433. The molecular weight excluding hydrogens is 332 g/mol. The van der Waals surface area contributed by atoms with Gasteiger partial charge in [-0.2, -0.15) is 0 Å². The monoisotopic (exact) mass is 350 g/mol. The molecule has 0 aliphatic rings. The molecule has 0 fully saturated rings. The Hall–Kier alpha value is -3.55. The molecule has 3 rings (SSSR count). The quantitative estimate of drug-likeness (QED) is 0.748. The molecule has 0 aliphatic carbocycles. The number of tetrazole rings is 1. The molecule has 2 amide bonds. The van der Waals surface area contributed by atoms with Gasteiger partial charge in [-0.3, -0.25) is 9.59 Å². The van der Waals surface area contributed by atoms with Crippen molar-refractivity contribution in [1.29, 1.82) is 0 Å². The molecule has 0 saturated heterocycles. The molecule has 1 heterocycles. The Kier molecular flexibility index (Phi) is 5.02. The second-order valence-electron chi connectivity index (χ2n) is 5.74. The van der Waals surface area contributed by atoms with Crippen molar-refractivity contribution in [2.75, 3.05) is 14.1 Å². The zero-order valence-electron chi connectivity index (χ0n) is 14.5. The first-order valence-corrected chi connectivity index (χ1v) is 7.98. The van der Waals surface area contributed by atoms with Gasteiger partial charge in [-0.05, 0) is 46.3 Å². The van der Waals surface area contributed by atoms with Crippen LogP contribution in [0.5, 0.6) is 0 Å². The van der Waals surface area contributed by atoms with Crippen LogP contribution in [0, 0.1) is 0 Å². The van der Waals surface area contributed by atoms with Crippen LogP contribution in [0.25, 0.3) is 5.69 Å². The van der Waals surface area contributed by atoms with Crippen LogP contribution in [-0.2, 0) is 6.54 Å². The van der Waals surface area contributed by atoms with Crippen LogP contribution in [0.15, 0.2) is 54.9 Å². The first-order valence-electron chi connectivity index (χ1n) is 7.98. The van der Waals surface area contributed by atoms with Crippen LogP contribution in [0.1, 0.15) is 26.3 Å². The average molecular weight is 350 g/mol. The second kappa shape index (κ2) is 7.56. The zero-order valence-corrected chi connectivity index (χ0v) is 14.5. The number of carbonyl (C=O) groups is 2. The summed E-state index contributed by atoms with van der Waals surface area (Å²) in [6, 6.07) is 14.3. The summed E-state index contributed by atoms with van der Waals surface area (Å²) in [5.41, 5.74) is 2.77.